The number of hydrogen-bond acceptors (Lipinski definition) is 7. The van der Waals surface area contributed by atoms with Crippen LogP contribution in [0.5, 0.6) is 10.8 Å². The number of nitrogens with one attached hydrogen (secondary N) is 1. The Labute approximate surface area is 165 Å². The number of anilines is 1. The third-order valence-corrected chi connectivity index (χ3v) is 6.19. The van der Waals surface area contributed by atoms with Gasteiger partial charge < -0.3 is 15.8 Å². The van der Waals surface area contributed by atoms with Gasteiger partial charge in [0.1, 0.15) is 11.6 Å². The average molecular weight is 409 g/mol. The fourth-order valence-corrected chi connectivity index (χ4v) is 4.98. The molecule has 0 fully saturated rings. The number of aromatic nitrogens is 2. The van der Waals surface area contributed by atoms with Gasteiger partial charge in [0.05, 0.1) is 21.0 Å². The summed E-state index contributed by atoms with van der Waals surface area (Å²) < 4.78 is 10.5. The maximum absolute atomic E-state index is 11.9. The minimum atomic E-state index is -0.413. The lowest BCUT2D eigenvalue weighted by Gasteiger charge is -2.14. The molecule has 0 saturated heterocycles. The number of thiophene rings is 1. The number of ether oxygens (including phenoxy) is 1. The molecule has 0 unspecified atom stereocenters. The lowest BCUT2D eigenvalue weighted by Crippen LogP contribution is -2.12. The van der Waals surface area contributed by atoms with Gasteiger partial charge in [-0.1, -0.05) is 11.3 Å². The highest BCUT2D eigenvalue weighted by Crippen LogP contribution is 2.50. The average Bonchev–Trinajstić information content (AvgIpc) is 3.20. The van der Waals surface area contributed by atoms with E-state index in [9.17, 15) is 4.79 Å². The monoisotopic (exact) mass is 408 g/mol. The molecule has 0 saturated carbocycles. The molecule has 1 aliphatic carbocycles. The minimum absolute atomic E-state index is 0. The zero-order valence-corrected chi connectivity index (χ0v) is 16.6. The van der Waals surface area contributed by atoms with Gasteiger partial charge in [0.25, 0.3) is 5.91 Å². The van der Waals surface area contributed by atoms with Crippen molar-refractivity contribution in [1.29, 1.82) is 0 Å². The number of halogens is 1. The fourth-order valence-electron chi connectivity index (χ4n) is 2.98. The number of carbonyl (C=O) groups is 1. The van der Waals surface area contributed by atoms with Gasteiger partial charge in [-0.15, -0.1) is 12.4 Å². The summed E-state index contributed by atoms with van der Waals surface area (Å²) in [5, 5.41) is 3.68. The third kappa shape index (κ3) is 3.04. The molecule has 3 heterocycles. The summed E-state index contributed by atoms with van der Waals surface area (Å²) in [4.78, 5) is 18.0. The van der Waals surface area contributed by atoms with Gasteiger partial charge in [-0.3, -0.25) is 4.79 Å². The minimum Gasteiger partial charge on any atom is -0.444 e. The second-order valence-corrected chi connectivity index (χ2v) is 7.53. The molecule has 0 bridgehead atoms. The van der Waals surface area contributed by atoms with Crippen molar-refractivity contribution in [2.45, 2.75) is 19.8 Å². The number of amides is 1. The largest absolute Gasteiger partial charge is 0.444 e. The first-order valence-corrected chi connectivity index (χ1v) is 9.40. The van der Waals surface area contributed by atoms with E-state index in [0.717, 1.165) is 40.4 Å². The number of primary amides is 1. The van der Waals surface area contributed by atoms with Crippen LogP contribution in [0.15, 0.2) is 18.3 Å². The van der Waals surface area contributed by atoms with Crippen LogP contribution in [0, 0.1) is 6.92 Å². The van der Waals surface area contributed by atoms with Gasteiger partial charge in [-0.25, -0.2) is 9.36 Å². The van der Waals surface area contributed by atoms with E-state index in [1.165, 1.54) is 28.4 Å². The first-order valence-electron chi connectivity index (χ1n) is 7.81. The van der Waals surface area contributed by atoms with Gasteiger partial charge in [0.15, 0.2) is 5.06 Å². The molecule has 0 radical (unpaired) electrons. The SMILES string of the molecule is CNc1ccc(Oc2sc(C(N)=O)c3c2-c2sncc2CC3)c(C)n1.Cl. The Kier molecular flexibility index (Phi) is 5.17. The maximum atomic E-state index is 11.9. The smallest absolute Gasteiger partial charge is 0.259 e. The second kappa shape index (κ2) is 7.22. The van der Waals surface area contributed by atoms with E-state index in [2.05, 4.69) is 14.7 Å². The van der Waals surface area contributed by atoms with E-state index >= 15 is 0 Å². The van der Waals surface area contributed by atoms with E-state index in [-0.39, 0.29) is 12.4 Å². The summed E-state index contributed by atoms with van der Waals surface area (Å²) in [6.07, 6.45) is 3.53. The van der Waals surface area contributed by atoms with Crippen LogP contribution in [0.2, 0.25) is 0 Å². The van der Waals surface area contributed by atoms with Crippen LogP contribution in [0.25, 0.3) is 10.4 Å². The number of aryl methyl sites for hydroxylation is 2. The first kappa shape index (κ1) is 18.6. The summed E-state index contributed by atoms with van der Waals surface area (Å²) in [6.45, 7) is 1.89. The summed E-state index contributed by atoms with van der Waals surface area (Å²) in [6, 6.07) is 3.73. The number of rotatable bonds is 4. The van der Waals surface area contributed by atoms with E-state index in [0.29, 0.717) is 15.7 Å². The van der Waals surface area contributed by atoms with Crippen LogP contribution < -0.4 is 15.8 Å². The molecule has 3 N–H and O–H groups in total. The second-order valence-electron chi connectivity index (χ2n) is 5.75. The predicted octanol–water partition coefficient (Wildman–Crippen LogP) is 4.03. The fraction of sp³-hybridized carbons (Fsp3) is 0.235. The van der Waals surface area contributed by atoms with Crippen molar-refractivity contribution in [1.82, 2.24) is 9.36 Å². The molecule has 0 spiro atoms. The zero-order valence-electron chi connectivity index (χ0n) is 14.2. The number of pyridine rings is 1. The topological polar surface area (TPSA) is 90.1 Å². The van der Waals surface area contributed by atoms with Crippen LogP contribution in [-0.2, 0) is 12.8 Å². The number of nitrogens with two attached hydrogens (primary N) is 1. The molecule has 6 nitrogen and oxygen atoms in total. The van der Waals surface area contributed by atoms with Crippen molar-refractivity contribution in [2.75, 3.05) is 12.4 Å². The third-order valence-electron chi connectivity index (χ3n) is 4.21. The standard InChI is InChI=1S/C17H16N4O2S2.ClH/c1-8-11(5-6-12(19-2)21-8)23-17-13-10(15(24-17)16(18)22)4-3-9-7-20-25-14(9)13;/h5-7H,3-4H2,1-2H3,(H2,18,22)(H,19,21);1H. The van der Waals surface area contributed by atoms with Crippen LogP contribution in [0.3, 0.4) is 0 Å². The normalized spacial score (nSPS) is 11.9. The van der Waals surface area contributed by atoms with Crippen molar-refractivity contribution in [3.63, 3.8) is 0 Å². The van der Waals surface area contributed by atoms with Crippen molar-refractivity contribution in [3.8, 4) is 21.3 Å². The van der Waals surface area contributed by atoms with Gasteiger partial charge in [0.2, 0.25) is 0 Å². The highest BCUT2D eigenvalue weighted by Gasteiger charge is 2.30. The number of hydrogen-bond donors (Lipinski definition) is 2. The lowest BCUT2D eigenvalue weighted by molar-refractivity contribution is 0.100. The molecular formula is C17H17ClN4O2S2. The Bertz CT molecular complexity index is 983. The Balaban J connectivity index is 0.00000196. The Hall–Kier alpha value is -2.16. The summed E-state index contributed by atoms with van der Waals surface area (Å²) in [5.41, 5.74) is 9.49. The zero-order chi connectivity index (χ0) is 17.6. The molecule has 0 aromatic carbocycles. The lowest BCUT2D eigenvalue weighted by atomic mass is 9.93. The summed E-state index contributed by atoms with van der Waals surface area (Å²) in [7, 11) is 1.82. The van der Waals surface area contributed by atoms with Crippen molar-refractivity contribution < 1.29 is 9.53 Å². The molecule has 4 rings (SSSR count). The molecule has 136 valence electrons. The van der Waals surface area contributed by atoms with Crippen molar-refractivity contribution in [3.05, 3.63) is 40.0 Å². The Morgan fingerprint density at radius 1 is 1.35 bits per heavy atom. The highest BCUT2D eigenvalue weighted by molar-refractivity contribution is 7.17. The molecule has 1 amide bonds. The van der Waals surface area contributed by atoms with Gasteiger partial charge in [-0.2, -0.15) is 0 Å². The predicted molar refractivity (Wildman–Crippen MR) is 107 cm³/mol. The van der Waals surface area contributed by atoms with E-state index in [1.807, 2.05) is 32.3 Å². The molecule has 0 atom stereocenters. The molecule has 9 heteroatoms. The molecule has 3 aromatic heterocycles. The Morgan fingerprint density at radius 3 is 2.85 bits per heavy atom. The number of fused-ring (bicyclic) bond motifs is 3. The van der Waals surface area contributed by atoms with Gasteiger partial charge >= 0.3 is 0 Å². The summed E-state index contributed by atoms with van der Waals surface area (Å²) in [5.74, 6) is 1.03. The first-order chi connectivity index (χ1) is 12.1. The van der Waals surface area contributed by atoms with E-state index in [4.69, 9.17) is 10.5 Å². The molecular weight excluding hydrogens is 392 g/mol. The number of carbonyl (C=O) groups excluding carboxylic acids is 1. The van der Waals surface area contributed by atoms with Crippen molar-refractivity contribution >= 4 is 47.0 Å². The molecule has 0 aliphatic heterocycles. The van der Waals surface area contributed by atoms with Gasteiger partial charge in [-0.05, 0) is 54.6 Å². The van der Waals surface area contributed by atoms with Crippen LogP contribution in [0.4, 0.5) is 5.82 Å². The van der Waals surface area contributed by atoms with E-state index in [1.54, 1.807) is 0 Å². The highest BCUT2D eigenvalue weighted by atomic mass is 35.5. The van der Waals surface area contributed by atoms with Crippen LogP contribution >= 0.6 is 35.3 Å². The molecule has 3 aromatic rings. The number of nitrogens with zero attached hydrogens (tertiary/aromatic N) is 2. The maximum Gasteiger partial charge on any atom is 0.259 e. The Morgan fingerprint density at radius 2 is 2.15 bits per heavy atom. The van der Waals surface area contributed by atoms with E-state index < -0.39 is 5.91 Å². The van der Waals surface area contributed by atoms with Crippen molar-refractivity contribution in [2.24, 2.45) is 5.73 Å². The molecule has 1 aliphatic rings. The molecule has 26 heavy (non-hydrogen) atoms. The van der Waals surface area contributed by atoms with Crippen LogP contribution in [-0.4, -0.2) is 22.3 Å². The summed E-state index contributed by atoms with van der Waals surface area (Å²) >= 11 is 2.73. The van der Waals surface area contributed by atoms with Gasteiger partial charge in [0, 0.05) is 13.2 Å². The van der Waals surface area contributed by atoms with Crippen LogP contribution in [0.1, 0.15) is 26.5 Å². The quantitative estimate of drug-likeness (QED) is 0.680.